The average Bonchev–Trinajstić information content (AvgIpc) is 2.91. The van der Waals surface area contributed by atoms with E-state index in [0.717, 1.165) is 22.5 Å². The molecule has 1 saturated heterocycles. The summed E-state index contributed by atoms with van der Waals surface area (Å²) in [5.41, 5.74) is 3.45. The van der Waals surface area contributed by atoms with Crippen LogP contribution in [0.1, 0.15) is 5.56 Å². The molecule has 0 bridgehead atoms. The van der Waals surface area contributed by atoms with E-state index in [1.165, 1.54) is 0 Å². The van der Waals surface area contributed by atoms with E-state index >= 15 is 0 Å². The van der Waals surface area contributed by atoms with E-state index in [-0.39, 0.29) is 12.5 Å². The molecule has 0 atom stereocenters. The number of anilines is 4. The first-order chi connectivity index (χ1) is 17.5. The fourth-order valence-electron chi connectivity index (χ4n) is 4.19. The van der Waals surface area contributed by atoms with Crippen molar-refractivity contribution in [3.05, 3.63) is 89.4 Å². The zero-order chi connectivity index (χ0) is 25.1. The van der Waals surface area contributed by atoms with Gasteiger partial charge in [-0.2, -0.15) is 0 Å². The van der Waals surface area contributed by atoms with Crippen molar-refractivity contribution < 1.29 is 9.53 Å². The molecule has 36 heavy (non-hydrogen) atoms. The minimum absolute atomic E-state index is 0.0248. The zero-order valence-electron chi connectivity index (χ0n) is 20.1. The van der Waals surface area contributed by atoms with Gasteiger partial charge in [0.2, 0.25) is 5.91 Å². The number of hydrogen-bond donors (Lipinski definition) is 1. The summed E-state index contributed by atoms with van der Waals surface area (Å²) in [5.74, 6) is 2.47. The van der Waals surface area contributed by atoms with Crippen molar-refractivity contribution in [2.75, 3.05) is 41.9 Å². The van der Waals surface area contributed by atoms with Gasteiger partial charge in [-0.05, 0) is 30.7 Å². The molecule has 0 aliphatic carbocycles. The maximum Gasteiger partial charge on any atom is 0.246 e. The fourth-order valence-corrected chi connectivity index (χ4v) is 4.35. The van der Waals surface area contributed by atoms with Crippen LogP contribution in [-0.2, 0) is 4.79 Å². The number of hydrogen-bond acceptors (Lipinski definition) is 6. The molecular formula is C28H26ClN5O2. The first-order valence-corrected chi connectivity index (χ1v) is 12.1. The molecule has 4 aromatic rings. The van der Waals surface area contributed by atoms with Gasteiger partial charge in [0.05, 0.1) is 19.3 Å². The molecule has 7 nitrogen and oxygen atoms in total. The number of aryl methyl sites for hydroxylation is 1. The van der Waals surface area contributed by atoms with Crippen molar-refractivity contribution >= 4 is 40.5 Å². The van der Waals surface area contributed by atoms with Gasteiger partial charge in [-0.3, -0.25) is 4.79 Å². The van der Waals surface area contributed by atoms with Gasteiger partial charge in [0.1, 0.15) is 17.4 Å². The second kappa shape index (κ2) is 10.3. The summed E-state index contributed by atoms with van der Waals surface area (Å²) in [4.78, 5) is 26.5. The van der Waals surface area contributed by atoms with Gasteiger partial charge in [0, 0.05) is 41.5 Å². The Kier molecular flexibility index (Phi) is 6.73. The van der Waals surface area contributed by atoms with E-state index in [2.05, 4.69) is 5.32 Å². The Bertz CT molecular complexity index is 1380. The standard InChI is InChI=1S/C28H26ClN5O2/c1-19-15-23(24(36-2)16-22(19)29)30-25-17-26(32-28(31-25)20-9-5-3-6-10-20)33-13-14-34(27(35)18-33)21-11-7-4-8-12-21/h3-12,15-17H,13-14,18H2,1-2H3,(H,30,31,32). The molecule has 1 N–H and O–H groups in total. The lowest BCUT2D eigenvalue weighted by Crippen LogP contribution is -2.51. The van der Waals surface area contributed by atoms with Crippen LogP contribution in [0, 0.1) is 6.92 Å². The molecule has 5 rings (SSSR count). The van der Waals surface area contributed by atoms with E-state index in [9.17, 15) is 4.79 Å². The molecule has 1 amide bonds. The van der Waals surface area contributed by atoms with Crippen molar-refractivity contribution in [2.24, 2.45) is 0 Å². The number of amides is 1. The monoisotopic (exact) mass is 499 g/mol. The molecule has 2 heterocycles. The van der Waals surface area contributed by atoms with Gasteiger partial charge in [-0.1, -0.05) is 60.1 Å². The van der Waals surface area contributed by atoms with Gasteiger partial charge in [0.15, 0.2) is 5.82 Å². The molecule has 3 aromatic carbocycles. The second-order valence-electron chi connectivity index (χ2n) is 8.53. The zero-order valence-corrected chi connectivity index (χ0v) is 20.9. The van der Waals surface area contributed by atoms with Crippen LogP contribution >= 0.6 is 11.6 Å². The Hall–Kier alpha value is -4.10. The summed E-state index contributed by atoms with van der Waals surface area (Å²) in [7, 11) is 1.60. The van der Waals surface area contributed by atoms with Crippen LogP contribution < -0.4 is 19.9 Å². The van der Waals surface area contributed by atoms with Crippen molar-refractivity contribution in [1.29, 1.82) is 0 Å². The third-order valence-corrected chi connectivity index (χ3v) is 6.51. The molecule has 1 fully saturated rings. The van der Waals surface area contributed by atoms with Crippen LogP contribution in [0.25, 0.3) is 11.4 Å². The van der Waals surface area contributed by atoms with Crippen molar-refractivity contribution in [3.63, 3.8) is 0 Å². The molecule has 1 aliphatic heterocycles. The van der Waals surface area contributed by atoms with Crippen molar-refractivity contribution in [3.8, 4) is 17.1 Å². The number of carbonyl (C=O) groups excluding carboxylic acids is 1. The summed E-state index contributed by atoms with van der Waals surface area (Å²) in [5, 5.41) is 4.00. The molecular weight excluding hydrogens is 474 g/mol. The van der Waals surface area contributed by atoms with Crippen LogP contribution in [0.5, 0.6) is 5.75 Å². The summed E-state index contributed by atoms with van der Waals surface area (Å²) in [6.07, 6.45) is 0. The molecule has 0 unspecified atom stereocenters. The molecule has 1 aliphatic rings. The Morgan fingerprint density at radius 1 is 0.944 bits per heavy atom. The lowest BCUT2D eigenvalue weighted by atomic mass is 10.2. The highest BCUT2D eigenvalue weighted by Crippen LogP contribution is 2.34. The van der Waals surface area contributed by atoms with E-state index < -0.39 is 0 Å². The number of rotatable bonds is 6. The maximum atomic E-state index is 13.1. The van der Waals surface area contributed by atoms with Crippen molar-refractivity contribution in [1.82, 2.24) is 9.97 Å². The smallest absolute Gasteiger partial charge is 0.246 e. The number of nitrogens with one attached hydrogen (secondary N) is 1. The first kappa shape index (κ1) is 23.6. The number of para-hydroxylation sites is 1. The highest BCUT2D eigenvalue weighted by Gasteiger charge is 2.26. The number of halogens is 1. The lowest BCUT2D eigenvalue weighted by molar-refractivity contribution is -0.117. The van der Waals surface area contributed by atoms with Crippen LogP contribution in [0.3, 0.4) is 0 Å². The second-order valence-corrected chi connectivity index (χ2v) is 8.94. The van der Waals surface area contributed by atoms with E-state index in [1.54, 1.807) is 13.2 Å². The molecule has 0 spiro atoms. The minimum atomic E-state index is 0.0248. The largest absolute Gasteiger partial charge is 0.495 e. The van der Waals surface area contributed by atoms with Crippen LogP contribution in [0.15, 0.2) is 78.9 Å². The normalized spacial score (nSPS) is 13.6. The van der Waals surface area contributed by atoms with Gasteiger partial charge in [0.25, 0.3) is 0 Å². The number of piperazine rings is 1. The van der Waals surface area contributed by atoms with E-state index in [4.69, 9.17) is 26.3 Å². The number of methoxy groups -OCH3 is 1. The Labute approximate surface area is 215 Å². The van der Waals surface area contributed by atoms with Gasteiger partial charge < -0.3 is 19.9 Å². The predicted octanol–water partition coefficient (Wildman–Crippen LogP) is 5.71. The molecule has 1 aromatic heterocycles. The fraction of sp³-hybridized carbons (Fsp3) is 0.179. The number of nitrogens with zero attached hydrogens (tertiary/aromatic N) is 4. The quantitative estimate of drug-likeness (QED) is 0.366. The topological polar surface area (TPSA) is 70.6 Å². The van der Waals surface area contributed by atoms with Crippen LogP contribution in [0.4, 0.5) is 23.0 Å². The van der Waals surface area contributed by atoms with Gasteiger partial charge in [-0.15, -0.1) is 0 Å². The number of benzene rings is 3. The SMILES string of the molecule is COc1cc(Cl)c(C)cc1Nc1cc(N2CCN(c3ccccc3)C(=O)C2)nc(-c2ccccc2)n1. The highest BCUT2D eigenvalue weighted by atomic mass is 35.5. The Morgan fingerprint density at radius 3 is 2.36 bits per heavy atom. The summed E-state index contributed by atoms with van der Waals surface area (Å²) >= 11 is 6.29. The third kappa shape index (κ3) is 4.97. The predicted molar refractivity (Wildman–Crippen MR) is 144 cm³/mol. The minimum Gasteiger partial charge on any atom is -0.495 e. The lowest BCUT2D eigenvalue weighted by Gasteiger charge is -2.35. The number of carbonyl (C=O) groups is 1. The Balaban J connectivity index is 1.49. The summed E-state index contributed by atoms with van der Waals surface area (Å²) in [6.45, 7) is 3.38. The van der Waals surface area contributed by atoms with Gasteiger partial charge in [-0.25, -0.2) is 9.97 Å². The molecule has 182 valence electrons. The number of ether oxygens (including phenoxy) is 1. The maximum absolute atomic E-state index is 13.1. The van der Waals surface area contributed by atoms with Crippen molar-refractivity contribution in [2.45, 2.75) is 6.92 Å². The molecule has 0 saturated carbocycles. The Morgan fingerprint density at radius 2 is 1.67 bits per heavy atom. The van der Waals surface area contributed by atoms with E-state index in [1.807, 2.05) is 89.5 Å². The summed E-state index contributed by atoms with van der Waals surface area (Å²) < 4.78 is 5.53. The number of aromatic nitrogens is 2. The average molecular weight is 500 g/mol. The van der Waals surface area contributed by atoms with E-state index in [0.29, 0.717) is 41.3 Å². The van der Waals surface area contributed by atoms with Gasteiger partial charge >= 0.3 is 0 Å². The highest BCUT2D eigenvalue weighted by molar-refractivity contribution is 6.31. The first-order valence-electron chi connectivity index (χ1n) is 11.7. The summed E-state index contributed by atoms with van der Waals surface area (Å²) in [6, 6.07) is 25.1. The molecule has 8 heteroatoms. The van der Waals surface area contributed by atoms with Crippen LogP contribution in [0.2, 0.25) is 5.02 Å². The van der Waals surface area contributed by atoms with Crippen LogP contribution in [-0.4, -0.2) is 42.6 Å². The third-order valence-electron chi connectivity index (χ3n) is 6.10. The molecule has 0 radical (unpaired) electrons.